The first-order chi connectivity index (χ1) is 8.25. The summed E-state index contributed by atoms with van der Waals surface area (Å²) in [6.07, 6.45) is 8.13. The number of likely N-dealkylation sites (tertiary alicyclic amines) is 1. The van der Waals surface area contributed by atoms with E-state index in [-0.39, 0.29) is 5.41 Å². The van der Waals surface area contributed by atoms with E-state index in [1.54, 1.807) is 0 Å². The Morgan fingerprint density at radius 2 is 2.18 bits per heavy atom. The molecular formula is C14H22N2O. The molecule has 3 nitrogen and oxygen atoms in total. The molecule has 3 unspecified atom stereocenters. The predicted molar refractivity (Wildman–Crippen MR) is 65.7 cm³/mol. The van der Waals surface area contributed by atoms with Crippen LogP contribution < -0.4 is 5.32 Å². The van der Waals surface area contributed by atoms with Crippen LogP contribution in [0.15, 0.2) is 0 Å². The minimum Gasteiger partial charge on any atom is -0.315 e. The Balaban J connectivity index is 1.52. The van der Waals surface area contributed by atoms with Crippen LogP contribution in [0.5, 0.6) is 0 Å². The fraction of sp³-hybridized carbons (Fsp3) is 0.929. The van der Waals surface area contributed by atoms with E-state index in [0.717, 1.165) is 32.1 Å². The Kier molecular flexibility index (Phi) is 2.06. The lowest BCUT2D eigenvalue weighted by Gasteiger charge is -2.48. The molecular weight excluding hydrogens is 212 g/mol. The maximum Gasteiger partial charge on any atom is 0.128 e. The molecule has 0 aromatic rings. The number of nitrogens with zero attached hydrogens (tertiary/aromatic N) is 1. The Hall–Kier alpha value is -0.410. The van der Waals surface area contributed by atoms with Crippen molar-refractivity contribution in [3.05, 3.63) is 0 Å². The highest BCUT2D eigenvalue weighted by Gasteiger charge is 2.61. The number of rotatable bonds is 2. The zero-order valence-corrected chi connectivity index (χ0v) is 10.5. The number of fused-ring (bicyclic) bond motifs is 2. The quantitative estimate of drug-likeness (QED) is 0.725. The number of carbonyl (C=O) groups excluding carboxylic acids is 1. The summed E-state index contributed by atoms with van der Waals surface area (Å²) in [7, 11) is 0. The van der Waals surface area contributed by atoms with Gasteiger partial charge in [-0.3, -0.25) is 4.90 Å². The lowest BCUT2D eigenvalue weighted by atomic mass is 9.73. The highest BCUT2D eigenvalue weighted by molar-refractivity contribution is 5.61. The molecule has 4 rings (SSSR count). The number of carbonyl (C=O) groups is 1. The van der Waals surface area contributed by atoms with E-state index in [1.165, 1.54) is 38.5 Å². The molecule has 2 saturated carbocycles. The van der Waals surface area contributed by atoms with Gasteiger partial charge in [0, 0.05) is 25.7 Å². The second-order valence-electron chi connectivity index (χ2n) is 7.05. The normalized spacial score (nSPS) is 47.5. The summed E-state index contributed by atoms with van der Waals surface area (Å²) in [5.74, 6) is 0.709. The molecule has 4 fully saturated rings. The van der Waals surface area contributed by atoms with Crippen LogP contribution in [0.1, 0.15) is 32.1 Å². The topological polar surface area (TPSA) is 32.3 Å². The summed E-state index contributed by atoms with van der Waals surface area (Å²) in [4.78, 5) is 14.1. The molecule has 1 spiro atoms. The average molecular weight is 234 g/mol. The first-order valence-electron chi connectivity index (χ1n) is 7.17. The third kappa shape index (κ3) is 1.45. The Morgan fingerprint density at radius 1 is 1.29 bits per heavy atom. The van der Waals surface area contributed by atoms with E-state index >= 15 is 0 Å². The molecule has 0 amide bonds. The van der Waals surface area contributed by atoms with Crippen molar-refractivity contribution in [2.45, 2.75) is 38.1 Å². The van der Waals surface area contributed by atoms with E-state index in [2.05, 4.69) is 10.2 Å². The van der Waals surface area contributed by atoms with Gasteiger partial charge in [-0.1, -0.05) is 6.42 Å². The molecule has 0 aromatic heterocycles. The van der Waals surface area contributed by atoms with Gasteiger partial charge in [0.1, 0.15) is 6.29 Å². The summed E-state index contributed by atoms with van der Waals surface area (Å²) < 4.78 is 0. The van der Waals surface area contributed by atoms with Gasteiger partial charge in [0.25, 0.3) is 0 Å². The molecule has 0 radical (unpaired) electrons. The van der Waals surface area contributed by atoms with E-state index in [1.807, 2.05) is 0 Å². The van der Waals surface area contributed by atoms with Crippen molar-refractivity contribution in [2.75, 3.05) is 26.2 Å². The lowest BCUT2D eigenvalue weighted by Crippen LogP contribution is -2.59. The standard InChI is InChI=1S/C14H22N2O/c17-10-13-4-11(6-15-8-13)7-16(9-13)12-5-14(12)2-1-3-14/h10-12,15H,1-9H2. The molecule has 94 valence electrons. The molecule has 4 aliphatic rings. The van der Waals surface area contributed by atoms with Crippen LogP contribution in [0.25, 0.3) is 0 Å². The van der Waals surface area contributed by atoms with Crippen LogP contribution in [0.3, 0.4) is 0 Å². The molecule has 0 aromatic carbocycles. The van der Waals surface area contributed by atoms with Crippen molar-refractivity contribution in [2.24, 2.45) is 16.7 Å². The Labute approximate surface area is 103 Å². The van der Waals surface area contributed by atoms with Gasteiger partial charge in [-0.2, -0.15) is 0 Å². The van der Waals surface area contributed by atoms with E-state index < -0.39 is 0 Å². The van der Waals surface area contributed by atoms with Gasteiger partial charge in [0.05, 0.1) is 5.41 Å². The predicted octanol–water partition coefficient (Wildman–Crippen LogP) is 1.04. The fourth-order valence-corrected chi connectivity index (χ4v) is 4.67. The minimum atomic E-state index is -0.0608. The smallest absolute Gasteiger partial charge is 0.128 e. The first kappa shape index (κ1) is 10.5. The van der Waals surface area contributed by atoms with Crippen molar-refractivity contribution >= 4 is 6.29 Å². The summed E-state index contributed by atoms with van der Waals surface area (Å²) in [6.45, 7) is 4.27. The van der Waals surface area contributed by atoms with Gasteiger partial charge < -0.3 is 10.1 Å². The zero-order valence-electron chi connectivity index (χ0n) is 10.5. The molecule has 1 N–H and O–H groups in total. The van der Waals surface area contributed by atoms with Gasteiger partial charge in [-0.25, -0.2) is 0 Å². The van der Waals surface area contributed by atoms with Crippen LogP contribution in [0.4, 0.5) is 0 Å². The molecule has 2 saturated heterocycles. The molecule has 3 atom stereocenters. The molecule has 3 heteroatoms. The van der Waals surface area contributed by atoms with Crippen molar-refractivity contribution in [3.63, 3.8) is 0 Å². The van der Waals surface area contributed by atoms with Gasteiger partial charge in [0.15, 0.2) is 0 Å². The summed E-state index contributed by atoms with van der Waals surface area (Å²) in [6, 6.07) is 0.830. The average Bonchev–Trinajstić information content (AvgIpc) is 3.04. The van der Waals surface area contributed by atoms with E-state index in [4.69, 9.17) is 0 Å². The maximum atomic E-state index is 11.5. The molecule has 2 bridgehead atoms. The highest BCUT2D eigenvalue weighted by Crippen LogP contribution is 2.63. The number of piperidine rings is 2. The highest BCUT2D eigenvalue weighted by atomic mass is 16.1. The number of hydrogen-bond donors (Lipinski definition) is 1. The number of hydrogen-bond acceptors (Lipinski definition) is 3. The second-order valence-corrected chi connectivity index (χ2v) is 7.05. The van der Waals surface area contributed by atoms with Gasteiger partial charge in [-0.05, 0) is 43.6 Å². The van der Waals surface area contributed by atoms with Crippen LogP contribution >= 0.6 is 0 Å². The Morgan fingerprint density at radius 3 is 2.82 bits per heavy atom. The monoisotopic (exact) mass is 234 g/mol. The van der Waals surface area contributed by atoms with Crippen molar-refractivity contribution < 1.29 is 4.79 Å². The fourth-order valence-electron chi connectivity index (χ4n) is 4.67. The largest absolute Gasteiger partial charge is 0.315 e. The third-order valence-corrected chi connectivity index (χ3v) is 5.80. The van der Waals surface area contributed by atoms with Crippen LogP contribution in [0.2, 0.25) is 0 Å². The third-order valence-electron chi connectivity index (χ3n) is 5.80. The van der Waals surface area contributed by atoms with Gasteiger partial charge in [0.2, 0.25) is 0 Å². The molecule has 17 heavy (non-hydrogen) atoms. The minimum absolute atomic E-state index is 0.0608. The first-order valence-corrected chi connectivity index (χ1v) is 7.17. The second kappa shape index (κ2) is 3.33. The van der Waals surface area contributed by atoms with Crippen LogP contribution in [-0.2, 0) is 4.79 Å². The van der Waals surface area contributed by atoms with Crippen LogP contribution in [0, 0.1) is 16.7 Å². The lowest BCUT2D eigenvalue weighted by molar-refractivity contribution is -0.122. The van der Waals surface area contributed by atoms with Crippen LogP contribution in [-0.4, -0.2) is 43.4 Å². The Bertz CT molecular complexity index is 352. The molecule has 2 aliphatic heterocycles. The SMILES string of the molecule is O=CC12CNCC(CN(C3CC34CCC4)C1)C2. The van der Waals surface area contributed by atoms with Gasteiger partial charge >= 0.3 is 0 Å². The zero-order chi connectivity index (χ0) is 11.5. The number of nitrogens with one attached hydrogen (secondary N) is 1. The number of aldehydes is 1. The molecule has 2 heterocycles. The van der Waals surface area contributed by atoms with Crippen molar-refractivity contribution in [1.29, 1.82) is 0 Å². The maximum absolute atomic E-state index is 11.5. The van der Waals surface area contributed by atoms with E-state index in [9.17, 15) is 4.79 Å². The van der Waals surface area contributed by atoms with Crippen molar-refractivity contribution in [3.8, 4) is 0 Å². The summed E-state index contributed by atoms with van der Waals surface area (Å²) in [5.41, 5.74) is 0.651. The summed E-state index contributed by atoms with van der Waals surface area (Å²) in [5, 5.41) is 3.45. The molecule has 2 aliphatic carbocycles. The summed E-state index contributed by atoms with van der Waals surface area (Å²) >= 11 is 0. The van der Waals surface area contributed by atoms with Gasteiger partial charge in [-0.15, -0.1) is 0 Å². The van der Waals surface area contributed by atoms with E-state index in [0.29, 0.717) is 11.3 Å². The van der Waals surface area contributed by atoms with Crippen molar-refractivity contribution in [1.82, 2.24) is 10.2 Å².